The van der Waals surface area contributed by atoms with Gasteiger partial charge in [-0.05, 0) is 60.7 Å². The Hall–Kier alpha value is -0.260. The lowest BCUT2D eigenvalue weighted by molar-refractivity contribution is 0.0899. The number of rotatable bonds is 7. The van der Waals surface area contributed by atoms with Gasteiger partial charge in [-0.2, -0.15) is 0 Å². The molecule has 0 aliphatic heterocycles. The zero-order valence-corrected chi connectivity index (χ0v) is 18.2. The van der Waals surface area contributed by atoms with Crippen LogP contribution in [0, 0.1) is 41.4 Å². The molecule has 0 heteroatoms. The minimum Gasteiger partial charge on any atom is -0.106 e. The Balaban J connectivity index is 0.00000151. The first-order valence-corrected chi connectivity index (χ1v) is 11.5. The average Bonchev–Trinajstić information content (AvgIpc) is 2.64. The van der Waals surface area contributed by atoms with E-state index in [1.165, 1.54) is 70.6 Å². The fourth-order valence-corrected chi connectivity index (χ4v) is 6.00. The van der Waals surface area contributed by atoms with Crippen molar-refractivity contribution in [3.05, 3.63) is 13.2 Å². The minimum absolute atomic E-state index is 0.880. The molecule has 0 radical (unpaired) electrons. The van der Waals surface area contributed by atoms with Crippen molar-refractivity contribution in [1.29, 1.82) is 0 Å². The van der Waals surface area contributed by atoms with Crippen molar-refractivity contribution in [1.82, 2.24) is 0 Å². The maximum atomic E-state index is 3.00. The minimum atomic E-state index is 0.880. The molecular formula is C25H48. The Morgan fingerprint density at radius 1 is 0.800 bits per heavy atom. The van der Waals surface area contributed by atoms with E-state index in [4.69, 9.17) is 0 Å². The van der Waals surface area contributed by atoms with Crippen LogP contribution in [0.3, 0.4) is 0 Å². The zero-order chi connectivity index (χ0) is 18.8. The third-order valence-electron chi connectivity index (χ3n) is 7.56. The molecule has 148 valence electrons. The summed E-state index contributed by atoms with van der Waals surface area (Å²) in [6.07, 6.45) is 16.6. The van der Waals surface area contributed by atoms with Gasteiger partial charge in [0.05, 0.1) is 0 Å². The van der Waals surface area contributed by atoms with E-state index < -0.39 is 0 Å². The second kappa shape index (κ2) is 12.2. The van der Waals surface area contributed by atoms with Crippen LogP contribution in [0.15, 0.2) is 13.2 Å². The lowest BCUT2D eigenvalue weighted by atomic mass is 9.64. The van der Waals surface area contributed by atoms with E-state index in [2.05, 4.69) is 47.8 Å². The molecule has 0 spiro atoms. The van der Waals surface area contributed by atoms with Gasteiger partial charge >= 0.3 is 0 Å². The van der Waals surface area contributed by atoms with Crippen molar-refractivity contribution < 1.29 is 0 Å². The van der Waals surface area contributed by atoms with E-state index in [0.717, 1.165) is 41.4 Å². The predicted molar refractivity (Wildman–Crippen MR) is 115 cm³/mol. The van der Waals surface area contributed by atoms with Crippen molar-refractivity contribution in [2.45, 2.75) is 105 Å². The maximum Gasteiger partial charge on any atom is -0.0358 e. The standard InChI is InChI=1S/C23H44.C2H4/c1-6-20(21-10-8-7-9-11-21)14-12-19-13-15-22(17(2)3)23(16-19)18(4)5;1-2/h17-23H,6-16H2,1-5H3;1-2H2. The Kier molecular flexibility index (Phi) is 11.1. The van der Waals surface area contributed by atoms with E-state index in [9.17, 15) is 0 Å². The van der Waals surface area contributed by atoms with Gasteiger partial charge in [-0.15, -0.1) is 13.2 Å². The van der Waals surface area contributed by atoms with Gasteiger partial charge in [-0.3, -0.25) is 0 Å². The summed E-state index contributed by atoms with van der Waals surface area (Å²) in [4.78, 5) is 0. The van der Waals surface area contributed by atoms with E-state index in [1.54, 1.807) is 0 Å². The van der Waals surface area contributed by atoms with Crippen molar-refractivity contribution in [3.8, 4) is 0 Å². The number of hydrogen-bond donors (Lipinski definition) is 0. The average molecular weight is 349 g/mol. The molecule has 2 aliphatic carbocycles. The third kappa shape index (κ3) is 7.10. The normalized spacial score (nSPS) is 29.3. The summed E-state index contributed by atoms with van der Waals surface area (Å²) in [6, 6.07) is 0. The fraction of sp³-hybridized carbons (Fsp3) is 0.920. The second-order valence-corrected chi connectivity index (χ2v) is 9.64. The molecular weight excluding hydrogens is 300 g/mol. The van der Waals surface area contributed by atoms with Gasteiger partial charge < -0.3 is 0 Å². The molecule has 0 aromatic rings. The first kappa shape index (κ1) is 22.8. The fourth-order valence-electron chi connectivity index (χ4n) is 6.00. The summed E-state index contributed by atoms with van der Waals surface area (Å²) < 4.78 is 0. The van der Waals surface area contributed by atoms with Gasteiger partial charge in [0, 0.05) is 0 Å². The Morgan fingerprint density at radius 2 is 1.40 bits per heavy atom. The summed E-state index contributed by atoms with van der Waals surface area (Å²) in [5, 5.41) is 0. The predicted octanol–water partition coefficient (Wildman–Crippen LogP) is 8.52. The van der Waals surface area contributed by atoms with Crippen molar-refractivity contribution in [3.63, 3.8) is 0 Å². The Labute approximate surface area is 160 Å². The molecule has 2 aliphatic rings. The van der Waals surface area contributed by atoms with Crippen LogP contribution in [0.4, 0.5) is 0 Å². The largest absolute Gasteiger partial charge is 0.106 e. The van der Waals surface area contributed by atoms with Crippen LogP contribution < -0.4 is 0 Å². The lowest BCUT2D eigenvalue weighted by Crippen LogP contribution is -2.32. The molecule has 2 rings (SSSR count). The van der Waals surface area contributed by atoms with Gasteiger partial charge in [-0.25, -0.2) is 0 Å². The second-order valence-electron chi connectivity index (χ2n) is 9.64. The van der Waals surface area contributed by atoms with Crippen LogP contribution in [0.2, 0.25) is 0 Å². The highest BCUT2D eigenvalue weighted by atomic mass is 14.4. The third-order valence-corrected chi connectivity index (χ3v) is 7.56. The smallest absolute Gasteiger partial charge is 0.0358 e. The Bertz CT molecular complexity index is 323. The van der Waals surface area contributed by atoms with Crippen molar-refractivity contribution >= 4 is 0 Å². The molecule has 0 nitrogen and oxygen atoms in total. The highest BCUT2D eigenvalue weighted by Gasteiger charge is 2.34. The molecule has 25 heavy (non-hydrogen) atoms. The maximum absolute atomic E-state index is 3.00. The monoisotopic (exact) mass is 348 g/mol. The summed E-state index contributed by atoms with van der Waals surface area (Å²) in [6.45, 7) is 18.3. The molecule has 2 fully saturated rings. The first-order chi connectivity index (χ1) is 12.0. The highest BCUT2D eigenvalue weighted by molar-refractivity contribution is 4.84. The van der Waals surface area contributed by atoms with Gasteiger partial charge in [0.1, 0.15) is 0 Å². The highest BCUT2D eigenvalue weighted by Crippen LogP contribution is 2.44. The van der Waals surface area contributed by atoms with E-state index in [0.29, 0.717) is 0 Å². The van der Waals surface area contributed by atoms with Crippen LogP contribution in [0.5, 0.6) is 0 Å². The van der Waals surface area contributed by atoms with E-state index >= 15 is 0 Å². The van der Waals surface area contributed by atoms with Crippen LogP contribution >= 0.6 is 0 Å². The van der Waals surface area contributed by atoms with Crippen molar-refractivity contribution in [2.75, 3.05) is 0 Å². The SMILES string of the molecule is C=C.CCC(CCC1CCC(C(C)C)C(C(C)C)C1)C1CCCCC1. The molecule has 0 N–H and O–H groups in total. The number of hydrogen-bond acceptors (Lipinski definition) is 0. The molecule has 0 bridgehead atoms. The van der Waals surface area contributed by atoms with Crippen LogP contribution in [0.1, 0.15) is 105 Å². The molecule has 2 saturated carbocycles. The summed E-state index contributed by atoms with van der Waals surface area (Å²) >= 11 is 0. The van der Waals surface area contributed by atoms with Crippen molar-refractivity contribution in [2.24, 2.45) is 41.4 Å². The molecule has 0 aromatic carbocycles. The van der Waals surface area contributed by atoms with Crippen LogP contribution in [-0.2, 0) is 0 Å². The molecule has 0 saturated heterocycles. The first-order valence-electron chi connectivity index (χ1n) is 11.5. The zero-order valence-electron chi connectivity index (χ0n) is 18.2. The lowest BCUT2D eigenvalue weighted by Gasteiger charge is -2.41. The Morgan fingerprint density at radius 3 is 1.92 bits per heavy atom. The molecule has 4 atom stereocenters. The van der Waals surface area contributed by atoms with Gasteiger partial charge in [0.15, 0.2) is 0 Å². The van der Waals surface area contributed by atoms with Crippen LogP contribution in [-0.4, -0.2) is 0 Å². The summed E-state index contributed by atoms with van der Waals surface area (Å²) in [5.74, 6) is 6.89. The van der Waals surface area contributed by atoms with Gasteiger partial charge in [0.25, 0.3) is 0 Å². The van der Waals surface area contributed by atoms with Gasteiger partial charge in [0.2, 0.25) is 0 Å². The summed E-state index contributed by atoms with van der Waals surface area (Å²) in [7, 11) is 0. The molecule has 4 unspecified atom stereocenters. The summed E-state index contributed by atoms with van der Waals surface area (Å²) in [5.41, 5.74) is 0. The quantitative estimate of drug-likeness (QED) is 0.404. The topological polar surface area (TPSA) is 0 Å². The molecule has 0 aromatic heterocycles. The van der Waals surface area contributed by atoms with Crippen LogP contribution in [0.25, 0.3) is 0 Å². The molecule has 0 amide bonds. The van der Waals surface area contributed by atoms with Gasteiger partial charge in [-0.1, -0.05) is 86.0 Å². The van der Waals surface area contributed by atoms with E-state index in [1.807, 2.05) is 0 Å². The van der Waals surface area contributed by atoms with E-state index in [-0.39, 0.29) is 0 Å². The molecule has 0 heterocycles.